The largest absolute Gasteiger partial charge is 0.469 e. The lowest BCUT2D eigenvalue weighted by Crippen LogP contribution is -2.53. The van der Waals surface area contributed by atoms with Gasteiger partial charge < -0.3 is 19.7 Å². The van der Waals surface area contributed by atoms with Gasteiger partial charge in [0, 0.05) is 60.1 Å². The van der Waals surface area contributed by atoms with E-state index in [1.807, 2.05) is 29.9 Å². The molecule has 3 aromatic rings. The van der Waals surface area contributed by atoms with E-state index in [0.717, 1.165) is 73.8 Å². The molecule has 6 heterocycles. The molecule has 0 bridgehead atoms. The minimum absolute atomic E-state index is 0.0716. The highest BCUT2D eigenvalue weighted by atomic mass is 35.5. The number of methoxy groups -OCH3 is 2. The lowest BCUT2D eigenvalue weighted by molar-refractivity contribution is -0.143. The molecule has 0 spiro atoms. The van der Waals surface area contributed by atoms with Gasteiger partial charge in [-0.2, -0.15) is 5.10 Å². The lowest BCUT2D eigenvalue weighted by Gasteiger charge is -2.45. The molecule has 4 aliphatic heterocycles. The quantitative estimate of drug-likeness (QED) is 0.193. The molecule has 12 nitrogen and oxygen atoms in total. The number of esters is 2. The van der Waals surface area contributed by atoms with Gasteiger partial charge in [-0.1, -0.05) is 57.0 Å². The minimum atomic E-state index is -0.126. The average molecular weight is 842 g/mol. The van der Waals surface area contributed by atoms with Crippen molar-refractivity contribution in [3.8, 4) is 0 Å². The zero-order valence-electron chi connectivity index (χ0n) is 35.9. The van der Waals surface area contributed by atoms with Crippen molar-refractivity contribution in [1.29, 1.82) is 0 Å². The van der Waals surface area contributed by atoms with Crippen LogP contribution in [0.2, 0.25) is 10.0 Å². The second-order valence-corrected chi connectivity index (χ2v) is 18.3. The third-order valence-electron chi connectivity index (χ3n) is 13.5. The van der Waals surface area contributed by atoms with Crippen LogP contribution in [0.15, 0.2) is 24.4 Å². The predicted octanol–water partition coefficient (Wildman–Crippen LogP) is 7.58. The number of halogens is 2. The van der Waals surface area contributed by atoms with Gasteiger partial charge in [-0.25, -0.2) is 14.6 Å². The van der Waals surface area contributed by atoms with Crippen LogP contribution in [0.3, 0.4) is 0 Å². The first-order valence-corrected chi connectivity index (χ1v) is 22.3. The van der Waals surface area contributed by atoms with Crippen LogP contribution in [-0.4, -0.2) is 119 Å². The molecule has 0 aliphatic carbocycles. The van der Waals surface area contributed by atoms with Crippen LogP contribution in [0.1, 0.15) is 103 Å². The molecule has 7 rings (SSSR count). The number of ether oxygens (including phenoxy) is 2. The fourth-order valence-corrected chi connectivity index (χ4v) is 11.0. The van der Waals surface area contributed by atoms with Gasteiger partial charge in [0.25, 0.3) is 0 Å². The topological polar surface area (TPSA) is 118 Å². The molecule has 14 heteroatoms. The molecule has 2 aromatic heterocycles. The van der Waals surface area contributed by atoms with E-state index in [-0.39, 0.29) is 23.9 Å². The maximum absolute atomic E-state index is 11.9. The van der Waals surface area contributed by atoms with Crippen LogP contribution < -0.4 is 10.2 Å². The highest BCUT2D eigenvalue weighted by molar-refractivity contribution is 6.35. The van der Waals surface area contributed by atoms with Crippen molar-refractivity contribution in [2.75, 3.05) is 58.4 Å². The number of rotatable bonds is 11. The van der Waals surface area contributed by atoms with Gasteiger partial charge in [-0.15, -0.1) is 0 Å². The van der Waals surface area contributed by atoms with Crippen molar-refractivity contribution in [2.45, 2.75) is 123 Å². The molecule has 1 N–H and O–H groups in total. The first kappa shape index (κ1) is 44.5. The Bertz CT molecular complexity index is 1860. The molecule has 0 radical (unpaired) electrons. The summed E-state index contributed by atoms with van der Waals surface area (Å²) in [7, 11) is 2.96. The zero-order valence-corrected chi connectivity index (χ0v) is 37.4. The van der Waals surface area contributed by atoms with E-state index < -0.39 is 0 Å². The second-order valence-electron chi connectivity index (χ2n) is 17.5. The predicted molar refractivity (Wildman–Crippen MR) is 232 cm³/mol. The fraction of sp³-hybridized carbons (Fsp3) is 0.705. The van der Waals surface area contributed by atoms with Gasteiger partial charge in [-0.3, -0.25) is 19.4 Å². The standard InChI is InChI=1S/C29H38Cl2N6O2.C15H28N2O2/c1-17(13-27(38)39-5)24-7-6-11-36(24)25-10-12-35(16-18(25)2)26-15-32-28-19(3)34-37(29(28)33-26)20(4)22-9-8-21(30)14-23(22)31;1-11(9-15(18)19-3)13-5-4-8-17(13)14-6-7-16-10-12(14)2/h8-9,14-15,17-18,20,24-25H,6-7,10-13,16H2,1-5H3;11-14,16H,4-10H2,1-3H3/t17?,18?,20-,24+,25?;11?,12?,13-,14?/m10/s1. The van der Waals surface area contributed by atoms with E-state index >= 15 is 0 Å². The number of aromatic nitrogens is 4. The number of carbonyl (C=O) groups excluding carboxylic acids is 2. The van der Waals surface area contributed by atoms with E-state index in [4.69, 9.17) is 47.7 Å². The Morgan fingerprint density at radius 3 is 2.07 bits per heavy atom. The van der Waals surface area contributed by atoms with Crippen molar-refractivity contribution in [3.05, 3.63) is 45.7 Å². The van der Waals surface area contributed by atoms with Crippen molar-refractivity contribution in [1.82, 2.24) is 34.9 Å². The molecule has 320 valence electrons. The normalized spacial score (nSPS) is 27.2. The fourth-order valence-electron chi connectivity index (χ4n) is 10.4. The van der Waals surface area contributed by atoms with Crippen LogP contribution >= 0.6 is 23.2 Å². The van der Waals surface area contributed by atoms with Crippen LogP contribution in [0.25, 0.3) is 11.2 Å². The number of hydrogen-bond acceptors (Lipinski definition) is 11. The summed E-state index contributed by atoms with van der Waals surface area (Å²) in [6, 6.07) is 7.60. The number of benzene rings is 1. The van der Waals surface area contributed by atoms with Crippen LogP contribution in [0.5, 0.6) is 0 Å². The van der Waals surface area contributed by atoms with Gasteiger partial charge in [0.2, 0.25) is 0 Å². The third kappa shape index (κ3) is 10.1. The Morgan fingerprint density at radius 2 is 1.50 bits per heavy atom. The molecular formula is C44H66Cl2N8O4. The Kier molecular flexibility index (Phi) is 15.4. The first-order valence-electron chi connectivity index (χ1n) is 21.6. The molecule has 6 unspecified atom stereocenters. The summed E-state index contributed by atoms with van der Waals surface area (Å²) in [5.74, 6) is 2.54. The van der Waals surface area contributed by atoms with Gasteiger partial charge in [0.15, 0.2) is 5.65 Å². The Labute approximate surface area is 355 Å². The van der Waals surface area contributed by atoms with Gasteiger partial charge in [0.05, 0.1) is 32.2 Å². The molecule has 4 fully saturated rings. The second kappa shape index (κ2) is 20.0. The highest BCUT2D eigenvalue weighted by Gasteiger charge is 2.40. The SMILES string of the molecule is COC(=O)CC(C)[C@@H]1CCCN1C1CCN(c2cnc3c(C)nn([C@H](C)c4ccc(Cl)cc4Cl)c3n2)CC1C.COC(=O)CC(C)[C@@H]1CCCN1C1CCNCC1C. The maximum Gasteiger partial charge on any atom is 0.305 e. The van der Waals surface area contributed by atoms with Crippen molar-refractivity contribution in [2.24, 2.45) is 23.7 Å². The molecule has 4 saturated heterocycles. The number of hydrogen-bond donors (Lipinski definition) is 1. The molecule has 1 aromatic carbocycles. The summed E-state index contributed by atoms with van der Waals surface area (Å²) in [6.45, 7) is 19.5. The summed E-state index contributed by atoms with van der Waals surface area (Å²) in [6.07, 6.45) is 10.0. The summed E-state index contributed by atoms with van der Waals surface area (Å²) >= 11 is 12.7. The van der Waals surface area contributed by atoms with E-state index in [0.29, 0.717) is 64.8 Å². The Morgan fingerprint density at radius 1 is 0.879 bits per heavy atom. The first-order chi connectivity index (χ1) is 27.8. The maximum atomic E-state index is 11.9. The van der Waals surface area contributed by atoms with E-state index in [9.17, 15) is 9.59 Å². The number of carbonyl (C=O) groups is 2. The molecular weight excluding hydrogens is 775 g/mol. The summed E-state index contributed by atoms with van der Waals surface area (Å²) in [4.78, 5) is 41.0. The van der Waals surface area contributed by atoms with Gasteiger partial charge >= 0.3 is 11.9 Å². The number of nitrogens with one attached hydrogen (secondary N) is 1. The van der Waals surface area contributed by atoms with Crippen LogP contribution in [0, 0.1) is 30.6 Å². The average Bonchev–Trinajstić information content (AvgIpc) is 3.97. The Balaban J connectivity index is 0.000000250. The molecule has 9 atom stereocenters. The molecule has 4 aliphatic rings. The number of aryl methyl sites for hydroxylation is 1. The number of fused-ring (bicyclic) bond motifs is 1. The van der Waals surface area contributed by atoms with Crippen LogP contribution in [0.4, 0.5) is 5.82 Å². The monoisotopic (exact) mass is 840 g/mol. The van der Waals surface area contributed by atoms with E-state index in [1.165, 1.54) is 46.4 Å². The number of nitrogens with zero attached hydrogens (tertiary/aromatic N) is 7. The zero-order chi connectivity index (χ0) is 41.7. The van der Waals surface area contributed by atoms with Crippen molar-refractivity contribution >= 4 is 52.1 Å². The van der Waals surface area contributed by atoms with E-state index in [2.05, 4.69) is 54.6 Å². The van der Waals surface area contributed by atoms with Crippen molar-refractivity contribution in [3.63, 3.8) is 0 Å². The summed E-state index contributed by atoms with van der Waals surface area (Å²) in [5.41, 5.74) is 3.34. The molecule has 58 heavy (non-hydrogen) atoms. The summed E-state index contributed by atoms with van der Waals surface area (Å²) < 4.78 is 11.7. The van der Waals surface area contributed by atoms with Crippen molar-refractivity contribution < 1.29 is 19.1 Å². The smallest absolute Gasteiger partial charge is 0.305 e. The Hall–Kier alpha value is -3.03. The van der Waals surface area contributed by atoms with E-state index in [1.54, 1.807) is 6.07 Å². The summed E-state index contributed by atoms with van der Waals surface area (Å²) in [5, 5.41) is 9.48. The molecule has 0 saturated carbocycles. The third-order valence-corrected chi connectivity index (χ3v) is 14.1. The molecule has 0 amide bonds. The highest BCUT2D eigenvalue weighted by Crippen LogP contribution is 2.36. The number of likely N-dealkylation sites (tertiary alicyclic amines) is 2. The van der Waals surface area contributed by atoms with Gasteiger partial charge in [0.1, 0.15) is 11.3 Å². The lowest BCUT2D eigenvalue weighted by atomic mass is 9.89. The number of anilines is 1. The number of piperidine rings is 2. The van der Waals surface area contributed by atoms with Crippen LogP contribution in [-0.2, 0) is 19.1 Å². The van der Waals surface area contributed by atoms with Gasteiger partial charge in [-0.05, 0) is 120 Å². The minimum Gasteiger partial charge on any atom is -0.469 e.